The molecule has 2 rings (SSSR count). The van der Waals surface area contributed by atoms with Gasteiger partial charge in [0, 0.05) is 11.8 Å². The van der Waals surface area contributed by atoms with Gasteiger partial charge >= 0.3 is 0 Å². The van der Waals surface area contributed by atoms with Crippen LogP contribution in [0, 0.1) is 13.8 Å². The zero-order valence-corrected chi connectivity index (χ0v) is 14.0. The van der Waals surface area contributed by atoms with Crippen molar-refractivity contribution in [2.75, 3.05) is 24.9 Å². The number of hydrogen-bond acceptors (Lipinski definition) is 3. The number of hydrogen-bond donors (Lipinski definition) is 2. The molecule has 2 aromatic carbocycles. The molecule has 5 heteroatoms. The van der Waals surface area contributed by atoms with Crippen LogP contribution in [0.5, 0.6) is 11.5 Å². The number of anilines is 2. The van der Waals surface area contributed by atoms with Crippen LogP contribution in [-0.4, -0.2) is 19.3 Å². The second kappa shape index (κ2) is 7.13. The van der Waals surface area contributed by atoms with Gasteiger partial charge in [-0.05, 0) is 55.4 Å². The Kier molecular flexibility index (Phi) is 5.22. The molecular weight excluding hydrogens is 296 g/mol. The lowest BCUT2D eigenvalue weighted by Gasteiger charge is -2.16. The summed E-state index contributed by atoms with van der Waals surface area (Å²) >= 11 is 5.39. The van der Waals surface area contributed by atoms with Crippen LogP contribution in [0.3, 0.4) is 0 Å². The third-order valence-corrected chi connectivity index (χ3v) is 3.71. The molecule has 0 unspecified atom stereocenters. The molecule has 116 valence electrons. The smallest absolute Gasteiger partial charge is 0.175 e. The number of benzene rings is 2. The van der Waals surface area contributed by atoms with Gasteiger partial charge < -0.3 is 20.1 Å². The Balaban J connectivity index is 2.16. The molecule has 4 nitrogen and oxygen atoms in total. The molecule has 0 aliphatic heterocycles. The number of ether oxygens (including phenoxy) is 2. The summed E-state index contributed by atoms with van der Waals surface area (Å²) in [7, 11) is 3.24. The monoisotopic (exact) mass is 316 g/mol. The molecule has 0 atom stereocenters. The third kappa shape index (κ3) is 3.68. The van der Waals surface area contributed by atoms with Crippen LogP contribution in [0.4, 0.5) is 11.4 Å². The highest BCUT2D eigenvalue weighted by atomic mass is 32.1. The highest BCUT2D eigenvalue weighted by Crippen LogP contribution is 2.29. The second-order valence-electron chi connectivity index (χ2n) is 4.89. The third-order valence-electron chi connectivity index (χ3n) is 3.51. The minimum absolute atomic E-state index is 0.500. The molecule has 0 spiro atoms. The van der Waals surface area contributed by atoms with Crippen LogP contribution >= 0.6 is 12.2 Å². The lowest BCUT2D eigenvalue weighted by molar-refractivity contribution is 0.405. The normalized spacial score (nSPS) is 10.0. The highest BCUT2D eigenvalue weighted by Gasteiger charge is 2.08. The molecule has 0 aromatic heterocycles. The van der Waals surface area contributed by atoms with E-state index in [1.165, 1.54) is 11.1 Å². The first-order chi connectivity index (χ1) is 10.5. The van der Waals surface area contributed by atoms with Gasteiger partial charge in [-0.1, -0.05) is 12.1 Å². The Morgan fingerprint density at radius 3 is 2.36 bits per heavy atom. The van der Waals surface area contributed by atoms with Gasteiger partial charge in [0.2, 0.25) is 0 Å². The predicted octanol–water partition coefficient (Wildman–Crippen LogP) is 4.13. The second-order valence-corrected chi connectivity index (χ2v) is 5.30. The van der Waals surface area contributed by atoms with Crippen LogP contribution in [-0.2, 0) is 0 Å². The van der Waals surface area contributed by atoms with Crippen LogP contribution in [0.2, 0.25) is 0 Å². The lowest BCUT2D eigenvalue weighted by Crippen LogP contribution is -2.20. The van der Waals surface area contributed by atoms with Gasteiger partial charge in [0.15, 0.2) is 5.11 Å². The molecule has 0 aliphatic carbocycles. The minimum atomic E-state index is 0.500. The topological polar surface area (TPSA) is 42.5 Å². The quantitative estimate of drug-likeness (QED) is 0.830. The number of methoxy groups -OCH3 is 2. The van der Waals surface area contributed by atoms with Crippen LogP contribution in [0.1, 0.15) is 11.1 Å². The predicted molar refractivity (Wildman–Crippen MR) is 95.3 cm³/mol. The van der Waals surface area contributed by atoms with Crippen LogP contribution < -0.4 is 20.1 Å². The van der Waals surface area contributed by atoms with Crippen molar-refractivity contribution in [2.45, 2.75) is 13.8 Å². The summed E-state index contributed by atoms with van der Waals surface area (Å²) in [5.41, 5.74) is 4.13. The van der Waals surface area contributed by atoms with Gasteiger partial charge in [-0.2, -0.15) is 0 Å². The van der Waals surface area contributed by atoms with E-state index in [4.69, 9.17) is 21.7 Å². The van der Waals surface area contributed by atoms with Gasteiger partial charge in [-0.25, -0.2) is 0 Å². The first-order valence-corrected chi connectivity index (χ1v) is 7.32. The molecule has 2 aromatic rings. The van der Waals surface area contributed by atoms with Crippen molar-refractivity contribution in [3.05, 3.63) is 47.5 Å². The van der Waals surface area contributed by atoms with E-state index >= 15 is 0 Å². The molecule has 0 saturated carbocycles. The van der Waals surface area contributed by atoms with Crippen molar-refractivity contribution >= 4 is 28.7 Å². The Morgan fingerprint density at radius 1 is 0.955 bits per heavy atom. The minimum Gasteiger partial charge on any atom is -0.497 e. The SMILES string of the molecule is COc1ccc(OC)c(NC(=S)Nc2cccc(C)c2C)c1. The average Bonchev–Trinajstić information content (AvgIpc) is 2.51. The van der Waals surface area contributed by atoms with E-state index in [0.29, 0.717) is 10.9 Å². The molecule has 0 bridgehead atoms. The van der Waals surface area contributed by atoms with Crippen molar-refractivity contribution < 1.29 is 9.47 Å². The molecule has 0 radical (unpaired) electrons. The molecule has 2 N–H and O–H groups in total. The summed E-state index contributed by atoms with van der Waals surface area (Å²) in [5, 5.41) is 6.86. The maximum Gasteiger partial charge on any atom is 0.175 e. The molecule has 0 fully saturated rings. The largest absolute Gasteiger partial charge is 0.497 e. The zero-order valence-electron chi connectivity index (χ0n) is 13.2. The van der Waals surface area contributed by atoms with Crippen molar-refractivity contribution in [2.24, 2.45) is 0 Å². The molecule has 0 saturated heterocycles. The number of thiocarbonyl (C=S) groups is 1. The lowest BCUT2D eigenvalue weighted by atomic mass is 10.1. The van der Waals surface area contributed by atoms with Gasteiger partial charge in [0.25, 0.3) is 0 Å². The van der Waals surface area contributed by atoms with E-state index in [-0.39, 0.29) is 0 Å². The average molecular weight is 316 g/mol. The maximum atomic E-state index is 5.39. The molecule has 0 amide bonds. The van der Waals surface area contributed by atoms with E-state index in [1.807, 2.05) is 30.3 Å². The van der Waals surface area contributed by atoms with Gasteiger partial charge in [-0.3, -0.25) is 0 Å². The Hall–Kier alpha value is -2.27. The Morgan fingerprint density at radius 2 is 1.68 bits per heavy atom. The fraction of sp³-hybridized carbons (Fsp3) is 0.235. The van der Waals surface area contributed by atoms with E-state index in [2.05, 4.69) is 30.5 Å². The fourth-order valence-corrected chi connectivity index (χ4v) is 2.29. The molecule has 0 heterocycles. The number of aryl methyl sites for hydroxylation is 1. The number of rotatable bonds is 4. The van der Waals surface area contributed by atoms with E-state index < -0.39 is 0 Å². The first kappa shape index (κ1) is 16.1. The fourth-order valence-electron chi connectivity index (χ4n) is 2.07. The standard InChI is InChI=1S/C17H20N2O2S/c1-11-6-5-7-14(12(11)2)18-17(22)19-15-10-13(20-3)8-9-16(15)21-4/h5-10H,1-4H3,(H2,18,19,22). The van der Waals surface area contributed by atoms with Gasteiger partial charge in [-0.15, -0.1) is 0 Å². The zero-order chi connectivity index (χ0) is 16.1. The molecule has 0 aliphatic rings. The van der Waals surface area contributed by atoms with E-state index in [0.717, 1.165) is 17.1 Å². The van der Waals surface area contributed by atoms with Crippen molar-refractivity contribution in [1.82, 2.24) is 0 Å². The van der Waals surface area contributed by atoms with Crippen molar-refractivity contribution in [3.8, 4) is 11.5 Å². The van der Waals surface area contributed by atoms with Gasteiger partial charge in [0.1, 0.15) is 11.5 Å². The first-order valence-electron chi connectivity index (χ1n) is 6.91. The maximum absolute atomic E-state index is 5.39. The van der Waals surface area contributed by atoms with Crippen molar-refractivity contribution in [3.63, 3.8) is 0 Å². The Bertz CT molecular complexity index is 686. The highest BCUT2D eigenvalue weighted by molar-refractivity contribution is 7.80. The molecule has 22 heavy (non-hydrogen) atoms. The summed E-state index contributed by atoms with van der Waals surface area (Å²) in [6.45, 7) is 4.13. The summed E-state index contributed by atoms with van der Waals surface area (Å²) in [6.07, 6.45) is 0. The van der Waals surface area contributed by atoms with E-state index in [1.54, 1.807) is 14.2 Å². The Labute approximate surface area is 136 Å². The molecular formula is C17H20N2O2S. The number of nitrogens with one attached hydrogen (secondary N) is 2. The van der Waals surface area contributed by atoms with Gasteiger partial charge in [0.05, 0.1) is 19.9 Å². The van der Waals surface area contributed by atoms with Crippen LogP contribution in [0.15, 0.2) is 36.4 Å². The summed E-state index contributed by atoms with van der Waals surface area (Å²) in [5.74, 6) is 1.43. The van der Waals surface area contributed by atoms with Crippen molar-refractivity contribution in [1.29, 1.82) is 0 Å². The van der Waals surface area contributed by atoms with Crippen LogP contribution in [0.25, 0.3) is 0 Å². The summed E-state index contributed by atoms with van der Waals surface area (Å²) in [6, 6.07) is 11.6. The summed E-state index contributed by atoms with van der Waals surface area (Å²) < 4.78 is 10.6. The van der Waals surface area contributed by atoms with E-state index in [9.17, 15) is 0 Å². The summed E-state index contributed by atoms with van der Waals surface area (Å²) in [4.78, 5) is 0.